The Hall–Kier alpha value is -4.69. The zero-order valence-corrected chi connectivity index (χ0v) is 23.4. The number of rotatable bonds is 5. The van der Waals surface area contributed by atoms with Crippen LogP contribution >= 0.6 is 0 Å². The van der Waals surface area contributed by atoms with Crippen LogP contribution in [0.5, 0.6) is 11.5 Å². The van der Waals surface area contributed by atoms with E-state index >= 15 is 0 Å². The molecule has 6 rings (SSSR count). The highest BCUT2D eigenvalue weighted by molar-refractivity contribution is 5.97. The van der Waals surface area contributed by atoms with E-state index in [1.54, 1.807) is 4.90 Å². The van der Waals surface area contributed by atoms with Gasteiger partial charge in [0.25, 0.3) is 11.8 Å². The van der Waals surface area contributed by atoms with E-state index in [1.165, 1.54) is 18.2 Å². The number of nitrogens with zero attached hydrogens (tertiary/aromatic N) is 4. The molecule has 2 N–H and O–H groups in total. The van der Waals surface area contributed by atoms with E-state index in [9.17, 15) is 19.8 Å². The van der Waals surface area contributed by atoms with Crippen molar-refractivity contribution in [3.63, 3.8) is 0 Å². The van der Waals surface area contributed by atoms with Gasteiger partial charge >= 0.3 is 0 Å². The smallest absolute Gasteiger partial charge is 0.257 e. The molecule has 0 saturated carbocycles. The quantitative estimate of drug-likeness (QED) is 0.336. The van der Waals surface area contributed by atoms with E-state index in [2.05, 4.69) is 4.90 Å². The molecule has 2 saturated heterocycles. The molecule has 0 atom stereocenters. The van der Waals surface area contributed by atoms with E-state index < -0.39 is 0 Å². The van der Waals surface area contributed by atoms with Gasteiger partial charge in [-0.3, -0.25) is 14.5 Å². The fourth-order valence-electron chi connectivity index (χ4n) is 5.94. The lowest BCUT2D eigenvalue weighted by Crippen LogP contribution is -2.54. The normalized spacial score (nSPS) is 16.4. The van der Waals surface area contributed by atoms with Crippen molar-refractivity contribution in [2.24, 2.45) is 0 Å². The van der Waals surface area contributed by atoms with Gasteiger partial charge in [-0.15, -0.1) is 0 Å². The van der Waals surface area contributed by atoms with Gasteiger partial charge in [-0.2, -0.15) is 0 Å². The maximum absolute atomic E-state index is 13.8. The number of piperazine rings is 1. The molecule has 2 fully saturated rings. The van der Waals surface area contributed by atoms with Gasteiger partial charge in [-0.25, -0.2) is 4.98 Å². The van der Waals surface area contributed by atoms with E-state index in [4.69, 9.17) is 4.98 Å². The molecule has 0 aliphatic carbocycles. The summed E-state index contributed by atoms with van der Waals surface area (Å²) >= 11 is 0. The Bertz CT molecular complexity index is 1500. The number of phenols is 2. The standard InChI is InChI=1S/C34H34N4O4/c39-28-11-12-32(40)29(23-28)34(42)37-15-13-27(14-16-37)36-17-19-38(20-18-36)33(41)26-21-30(24-7-3-1-4-8-24)35-31(22-26)25-9-5-2-6-10-25/h1-12,21-23,27,39-40H,13-20H2. The van der Waals surface area contributed by atoms with Crippen LogP contribution in [0.1, 0.15) is 33.6 Å². The van der Waals surface area contributed by atoms with E-state index in [-0.39, 0.29) is 28.9 Å². The fraction of sp³-hybridized carbons (Fsp3) is 0.265. The third kappa shape index (κ3) is 5.85. The fourth-order valence-corrected chi connectivity index (χ4v) is 5.94. The molecule has 2 aliphatic heterocycles. The summed E-state index contributed by atoms with van der Waals surface area (Å²) in [6, 6.07) is 28.0. The van der Waals surface area contributed by atoms with Crippen LogP contribution < -0.4 is 0 Å². The Kier molecular flexibility index (Phi) is 7.88. The first kappa shape index (κ1) is 27.5. The number of aromatic nitrogens is 1. The van der Waals surface area contributed by atoms with Gasteiger partial charge in [0.15, 0.2) is 0 Å². The summed E-state index contributed by atoms with van der Waals surface area (Å²) in [7, 11) is 0. The molecule has 2 amide bonds. The summed E-state index contributed by atoms with van der Waals surface area (Å²) in [4.78, 5) is 37.7. The second kappa shape index (κ2) is 12.0. The van der Waals surface area contributed by atoms with E-state index in [0.29, 0.717) is 37.8 Å². The number of hydrogen-bond donors (Lipinski definition) is 2. The summed E-state index contributed by atoms with van der Waals surface area (Å²) in [5, 5.41) is 19.8. The highest BCUT2D eigenvalue weighted by Gasteiger charge is 2.31. The van der Waals surface area contributed by atoms with Crippen molar-refractivity contribution in [3.8, 4) is 34.0 Å². The van der Waals surface area contributed by atoms with E-state index in [0.717, 1.165) is 48.4 Å². The molecule has 8 heteroatoms. The highest BCUT2D eigenvalue weighted by Crippen LogP contribution is 2.28. The molecular weight excluding hydrogens is 528 g/mol. The zero-order chi connectivity index (χ0) is 29.1. The van der Waals surface area contributed by atoms with Crippen molar-refractivity contribution in [1.29, 1.82) is 0 Å². The van der Waals surface area contributed by atoms with Crippen LogP contribution in [0.4, 0.5) is 0 Å². The van der Waals surface area contributed by atoms with Crippen LogP contribution in [0.2, 0.25) is 0 Å². The lowest BCUT2D eigenvalue weighted by molar-refractivity contribution is 0.0411. The second-order valence-electron chi connectivity index (χ2n) is 10.9. The third-order valence-electron chi connectivity index (χ3n) is 8.29. The average Bonchev–Trinajstić information content (AvgIpc) is 3.06. The van der Waals surface area contributed by atoms with Crippen LogP contribution in [0.25, 0.3) is 22.5 Å². The minimum Gasteiger partial charge on any atom is -0.508 e. The molecule has 0 bridgehead atoms. The Labute approximate surface area is 245 Å². The molecule has 0 radical (unpaired) electrons. The minimum absolute atomic E-state index is 0.0118. The van der Waals surface area contributed by atoms with Gasteiger partial charge in [0.1, 0.15) is 11.5 Å². The molecule has 2 aliphatic rings. The first-order valence-corrected chi connectivity index (χ1v) is 14.4. The summed E-state index contributed by atoms with van der Waals surface area (Å²) in [5.41, 5.74) is 4.26. The second-order valence-corrected chi connectivity index (χ2v) is 10.9. The molecular formula is C34H34N4O4. The Morgan fingerprint density at radius 1 is 0.643 bits per heavy atom. The number of likely N-dealkylation sites (tertiary alicyclic amines) is 1. The monoisotopic (exact) mass is 562 g/mol. The number of aromatic hydroxyl groups is 2. The van der Waals surface area contributed by atoms with Crippen LogP contribution in [-0.2, 0) is 0 Å². The molecule has 0 spiro atoms. The van der Waals surface area contributed by atoms with Gasteiger partial charge in [0.05, 0.1) is 17.0 Å². The summed E-state index contributed by atoms with van der Waals surface area (Å²) < 4.78 is 0. The molecule has 3 heterocycles. The predicted octanol–water partition coefficient (Wildman–Crippen LogP) is 4.89. The minimum atomic E-state index is -0.264. The first-order valence-electron chi connectivity index (χ1n) is 14.4. The topological polar surface area (TPSA) is 97.2 Å². The maximum Gasteiger partial charge on any atom is 0.257 e. The van der Waals surface area contributed by atoms with Crippen molar-refractivity contribution in [2.75, 3.05) is 39.3 Å². The number of carbonyl (C=O) groups is 2. The molecule has 4 aromatic rings. The van der Waals surface area contributed by atoms with Crippen molar-refractivity contribution in [2.45, 2.75) is 18.9 Å². The largest absolute Gasteiger partial charge is 0.508 e. The number of carbonyl (C=O) groups excluding carboxylic acids is 2. The third-order valence-corrected chi connectivity index (χ3v) is 8.29. The lowest BCUT2D eigenvalue weighted by atomic mass is 10.0. The van der Waals surface area contributed by atoms with Gasteiger partial charge in [-0.1, -0.05) is 60.7 Å². The number of hydrogen-bond acceptors (Lipinski definition) is 6. The van der Waals surface area contributed by atoms with Crippen LogP contribution in [-0.4, -0.2) is 87.0 Å². The maximum atomic E-state index is 13.8. The molecule has 3 aromatic carbocycles. The highest BCUT2D eigenvalue weighted by atomic mass is 16.3. The molecule has 8 nitrogen and oxygen atoms in total. The number of benzene rings is 3. The number of amides is 2. The van der Waals surface area contributed by atoms with Crippen molar-refractivity contribution >= 4 is 11.8 Å². The van der Waals surface area contributed by atoms with Crippen molar-refractivity contribution in [3.05, 3.63) is 102 Å². The van der Waals surface area contributed by atoms with Crippen LogP contribution in [0.15, 0.2) is 91.0 Å². The van der Waals surface area contributed by atoms with Crippen molar-refractivity contribution in [1.82, 2.24) is 19.7 Å². The van der Waals surface area contributed by atoms with Crippen LogP contribution in [0.3, 0.4) is 0 Å². The molecule has 1 aromatic heterocycles. The SMILES string of the molecule is O=C(c1cc(-c2ccccc2)nc(-c2ccccc2)c1)N1CCN(C2CCN(C(=O)c3cc(O)ccc3O)CC2)CC1. The Balaban J connectivity index is 1.10. The van der Waals surface area contributed by atoms with E-state index in [1.807, 2.05) is 77.7 Å². The molecule has 0 unspecified atom stereocenters. The van der Waals surface area contributed by atoms with Gasteiger partial charge in [0.2, 0.25) is 0 Å². The number of pyridine rings is 1. The lowest BCUT2D eigenvalue weighted by Gasteiger charge is -2.42. The molecule has 42 heavy (non-hydrogen) atoms. The van der Waals surface area contributed by atoms with Gasteiger partial charge < -0.3 is 20.0 Å². The predicted molar refractivity (Wildman–Crippen MR) is 161 cm³/mol. The summed E-state index contributed by atoms with van der Waals surface area (Å²) in [6.45, 7) is 4.00. The van der Waals surface area contributed by atoms with Crippen LogP contribution in [0, 0.1) is 0 Å². The number of piperidine rings is 1. The van der Waals surface area contributed by atoms with Gasteiger partial charge in [0, 0.05) is 62.0 Å². The number of phenolic OH excluding ortho intramolecular Hbond substituents is 2. The Morgan fingerprint density at radius 2 is 1.19 bits per heavy atom. The Morgan fingerprint density at radius 3 is 1.76 bits per heavy atom. The zero-order valence-electron chi connectivity index (χ0n) is 23.4. The summed E-state index contributed by atoms with van der Waals surface area (Å²) in [5.74, 6) is -0.420. The first-order chi connectivity index (χ1) is 20.5. The molecule has 214 valence electrons. The summed E-state index contributed by atoms with van der Waals surface area (Å²) in [6.07, 6.45) is 1.65. The van der Waals surface area contributed by atoms with Crippen molar-refractivity contribution < 1.29 is 19.8 Å². The van der Waals surface area contributed by atoms with Gasteiger partial charge in [-0.05, 0) is 43.2 Å². The average molecular weight is 563 g/mol.